The minimum atomic E-state index is -0.563. The summed E-state index contributed by atoms with van der Waals surface area (Å²) in [5, 5.41) is 12.1. The number of hydrogen-bond acceptors (Lipinski definition) is 3. The predicted molar refractivity (Wildman–Crippen MR) is 104 cm³/mol. The van der Waals surface area contributed by atoms with E-state index in [1.807, 2.05) is 30.3 Å². The van der Waals surface area contributed by atoms with Crippen molar-refractivity contribution >= 4 is 23.4 Å². The lowest BCUT2D eigenvalue weighted by atomic mass is 10.0. The highest BCUT2D eigenvalue weighted by atomic mass is 35.5. The molecule has 0 aromatic heterocycles. The van der Waals surface area contributed by atoms with Crippen LogP contribution in [0.5, 0.6) is 0 Å². The Morgan fingerprint density at radius 2 is 1.30 bits per heavy atom. The summed E-state index contributed by atoms with van der Waals surface area (Å²) in [5.74, 6) is -0.747. The van der Waals surface area contributed by atoms with E-state index in [2.05, 4.69) is 5.32 Å². The highest BCUT2D eigenvalue weighted by Crippen LogP contribution is 2.21. The summed E-state index contributed by atoms with van der Waals surface area (Å²) >= 11 is 6.09. The summed E-state index contributed by atoms with van der Waals surface area (Å²) < 4.78 is 0. The van der Waals surface area contributed by atoms with Crippen LogP contribution in [0.3, 0.4) is 0 Å². The Hall–Kier alpha value is -3.15. The van der Waals surface area contributed by atoms with E-state index in [0.29, 0.717) is 22.7 Å². The Labute approximate surface area is 161 Å². The molecule has 0 aliphatic carbocycles. The van der Waals surface area contributed by atoms with E-state index >= 15 is 0 Å². The number of benzene rings is 3. The zero-order chi connectivity index (χ0) is 19.2. The molecule has 0 radical (unpaired) electrons. The fraction of sp³-hybridized carbons (Fsp3) is 0.0476. The van der Waals surface area contributed by atoms with Gasteiger partial charge in [-0.05, 0) is 47.0 Å². The van der Waals surface area contributed by atoms with E-state index in [1.165, 1.54) is 0 Å². The molecule has 3 N–H and O–H groups in total. The molecule has 0 heterocycles. The van der Waals surface area contributed by atoms with Gasteiger partial charge in [0, 0.05) is 22.7 Å². The summed E-state index contributed by atoms with van der Waals surface area (Å²) in [6.45, 7) is 0.356. The van der Waals surface area contributed by atoms with Gasteiger partial charge >= 0.3 is 0 Å². The average Bonchev–Trinajstić information content (AvgIpc) is 2.72. The van der Waals surface area contributed by atoms with Gasteiger partial charge in [-0.1, -0.05) is 54.1 Å². The molecule has 136 valence electrons. The number of hydrogen-bond donors (Lipinski definition) is 3. The molecular weight excluding hydrogens is 364 g/mol. The Balaban J connectivity index is 1.67. The second kappa shape index (κ2) is 8.49. The molecule has 5 nitrogen and oxygen atoms in total. The normalized spacial score (nSPS) is 10.3. The van der Waals surface area contributed by atoms with Crippen molar-refractivity contribution in [3.63, 3.8) is 0 Å². The highest BCUT2D eigenvalue weighted by Gasteiger charge is 2.08. The largest absolute Gasteiger partial charge is 0.348 e. The summed E-state index contributed by atoms with van der Waals surface area (Å²) in [5.41, 5.74) is 5.16. The quantitative estimate of drug-likeness (QED) is 0.461. The van der Waals surface area contributed by atoms with Gasteiger partial charge in [0.25, 0.3) is 11.8 Å². The van der Waals surface area contributed by atoms with Crippen molar-refractivity contribution in [2.75, 3.05) is 0 Å². The van der Waals surface area contributed by atoms with Crippen LogP contribution >= 0.6 is 11.6 Å². The van der Waals surface area contributed by atoms with Gasteiger partial charge in [-0.2, -0.15) is 0 Å². The number of nitrogens with one attached hydrogen (secondary N) is 2. The number of carbonyl (C=O) groups excluding carboxylic acids is 2. The van der Waals surface area contributed by atoms with Crippen molar-refractivity contribution in [1.29, 1.82) is 0 Å². The van der Waals surface area contributed by atoms with Crippen LogP contribution in [-0.2, 0) is 6.54 Å². The van der Waals surface area contributed by atoms with Crippen molar-refractivity contribution in [2.24, 2.45) is 0 Å². The topological polar surface area (TPSA) is 78.4 Å². The SMILES string of the molecule is O=C(NO)c1ccc(-c2ccc(C(=O)NCc3ccccc3Cl)cc2)cc1. The lowest BCUT2D eigenvalue weighted by molar-refractivity contribution is 0.0706. The molecule has 0 unspecified atom stereocenters. The maximum absolute atomic E-state index is 12.3. The van der Waals surface area contributed by atoms with E-state index in [9.17, 15) is 9.59 Å². The van der Waals surface area contributed by atoms with Crippen LogP contribution in [0.2, 0.25) is 5.02 Å². The molecule has 0 atom stereocenters. The molecule has 3 aromatic rings. The smallest absolute Gasteiger partial charge is 0.274 e. The molecule has 2 amide bonds. The maximum Gasteiger partial charge on any atom is 0.274 e. The van der Waals surface area contributed by atoms with Crippen molar-refractivity contribution in [1.82, 2.24) is 10.8 Å². The van der Waals surface area contributed by atoms with Gasteiger partial charge < -0.3 is 5.32 Å². The first-order chi connectivity index (χ1) is 13.1. The van der Waals surface area contributed by atoms with Crippen LogP contribution in [-0.4, -0.2) is 17.0 Å². The molecule has 6 heteroatoms. The van der Waals surface area contributed by atoms with Crippen LogP contribution in [0.1, 0.15) is 26.3 Å². The van der Waals surface area contributed by atoms with Gasteiger partial charge in [0.15, 0.2) is 0 Å². The molecule has 0 spiro atoms. The summed E-state index contributed by atoms with van der Waals surface area (Å²) in [7, 11) is 0. The third-order valence-corrected chi connectivity index (χ3v) is 4.50. The minimum Gasteiger partial charge on any atom is -0.348 e. The van der Waals surface area contributed by atoms with Gasteiger partial charge in [-0.15, -0.1) is 0 Å². The first-order valence-corrected chi connectivity index (χ1v) is 8.63. The van der Waals surface area contributed by atoms with Gasteiger partial charge in [0.1, 0.15) is 0 Å². The average molecular weight is 381 g/mol. The third kappa shape index (κ3) is 4.53. The van der Waals surface area contributed by atoms with Crippen molar-refractivity contribution in [2.45, 2.75) is 6.54 Å². The standard InChI is InChI=1S/C21H17ClN2O3/c22-19-4-2-1-3-18(19)13-23-20(25)16-9-5-14(6-10-16)15-7-11-17(12-8-15)21(26)24-27/h1-12,27H,13H2,(H,23,25)(H,24,26). The van der Waals surface area contributed by atoms with Crippen molar-refractivity contribution in [3.05, 3.63) is 94.5 Å². The molecule has 0 saturated heterocycles. The summed E-state index contributed by atoms with van der Waals surface area (Å²) in [6.07, 6.45) is 0. The molecule has 0 saturated carbocycles. The Kier molecular flexibility index (Phi) is 5.86. The molecular formula is C21H17ClN2O3. The lowest BCUT2D eigenvalue weighted by Gasteiger charge is -2.08. The van der Waals surface area contributed by atoms with E-state index in [-0.39, 0.29) is 5.91 Å². The Bertz CT molecular complexity index is 954. The van der Waals surface area contributed by atoms with E-state index in [1.54, 1.807) is 47.9 Å². The van der Waals surface area contributed by atoms with Crippen molar-refractivity contribution in [3.8, 4) is 11.1 Å². The number of halogens is 1. The third-order valence-electron chi connectivity index (χ3n) is 4.13. The van der Waals surface area contributed by atoms with Gasteiger partial charge in [0.2, 0.25) is 0 Å². The van der Waals surface area contributed by atoms with E-state index in [0.717, 1.165) is 16.7 Å². The number of carbonyl (C=O) groups is 2. The molecule has 3 aromatic carbocycles. The Morgan fingerprint density at radius 3 is 1.81 bits per heavy atom. The molecule has 27 heavy (non-hydrogen) atoms. The fourth-order valence-corrected chi connectivity index (χ4v) is 2.81. The zero-order valence-electron chi connectivity index (χ0n) is 14.3. The van der Waals surface area contributed by atoms with Crippen LogP contribution in [0.4, 0.5) is 0 Å². The second-order valence-corrected chi connectivity index (χ2v) is 6.28. The molecule has 0 aliphatic rings. The first kappa shape index (κ1) is 18.6. The molecule has 3 rings (SSSR count). The van der Waals surface area contributed by atoms with Gasteiger partial charge in [0.05, 0.1) is 0 Å². The monoisotopic (exact) mass is 380 g/mol. The molecule has 0 bridgehead atoms. The van der Waals surface area contributed by atoms with Gasteiger partial charge in [-0.3, -0.25) is 14.8 Å². The zero-order valence-corrected chi connectivity index (χ0v) is 15.0. The predicted octanol–water partition coefficient (Wildman–Crippen LogP) is 4.06. The fourth-order valence-electron chi connectivity index (χ4n) is 2.61. The Morgan fingerprint density at radius 1 is 0.778 bits per heavy atom. The summed E-state index contributed by atoms with van der Waals surface area (Å²) in [4.78, 5) is 23.7. The maximum atomic E-state index is 12.3. The van der Waals surface area contributed by atoms with Crippen LogP contribution in [0, 0.1) is 0 Å². The van der Waals surface area contributed by atoms with Crippen LogP contribution < -0.4 is 10.8 Å². The van der Waals surface area contributed by atoms with Crippen LogP contribution in [0.25, 0.3) is 11.1 Å². The number of hydroxylamine groups is 1. The number of amides is 2. The van der Waals surface area contributed by atoms with Crippen LogP contribution in [0.15, 0.2) is 72.8 Å². The van der Waals surface area contributed by atoms with E-state index in [4.69, 9.17) is 16.8 Å². The second-order valence-electron chi connectivity index (χ2n) is 5.87. The molecule has 0 aliphatic heterocycles. The summed E-state index contributed by atoms with van der Waals surface area (Å²) in [6, 6.07) is 21.3. The first-order valence-electron chi connectivity index (χ1n) is 8.25. The van der Waals surface area contributed by atoms with E-state index < -0.39 is 5.91 Å². The highest BCUT2D eigenvalue weighted by molar-refractivity contribution is 6.31. The van der Waals surface area contributed by atoms with Crippen molar-refractivity contribution < 1.29 is 14.8 Å². The number of rotatable bonds is 5. The van der Waals surface area contributed by atoms with Gasteiger partial charge in [-0.25, -0.2) is 5.48 Å². The minimum absolute atomic E-state index is 0.184. The lowest BCUT2D eigenvalue weighted by Crippen LogP contribution is -2.22. The molecule has 0 fully saturated rings.